The van der Waals surface area contributed by atoms with Gasteiger partial charge >= 0.3 is 6.18 Å². The maximum atomic E-state index is 13.0. The van der Waals surface area contributed by atoms with E-state index in [1.807, 2.05) is 6.07 Å². The number of benzene rings is 2. The fourth-order valence-corrected chi connectivity index (χ4v) is 3.09. The lowest BCUT2D eigenvalue weighted by Gasteiger charge is -2.12. The fourth-order valence-electron chi connectivity index (χ4n) is 2.30. The summed E-state index contributed by atoms with van der Waals surface area (Å²) in [4.78, 5) is 4.31. The third kappa shape index (κ3) is 4.33. The molecule has 27 heavy (non-hydrogen) atoms. The number of para-hydroxylation sites is 1. The Labute approximate surface area is 156 Å². The fraction of sp³-hybridized carbons (Fsp3) is 0.0526. The molecule has 2 aromatic carbocycles. The number of nitrogens with one attached hydrogen (secondary N) is 1. The highest BCUT2D eigenvalue weighted by Gasteiger charge is 2.33. The third-order valence-corrected chi connectivity index (χ3v) is 4.48. The van der Waals surface area contributed by atoms with Gasteiger partial charge in [0, 0.05) is 17.1 Å². The lowest BCUT2D eigenvalue weighted by Crippen LogP contribution is -2.08. The highest BCUT2D eigenvalue weighted by molar-refractivity contribution is 7.11. The molecule has 3 nitrogen and oxygen atoms in total. The van der Waals surface area contributed by atoms with Crippen LogP contribution in [0.4, 0.5) is 23.2 Å². The number of thiazole rings is 1. The first-order valence-corrected chi connectivity index (χ1v) is 8.51. The van der Waals surface area contributed by atoms with Gasteiger partial charge in [0.2, 0.25) is 0 Å². The summed E-state index contributed by atoms with van der Waals surface area (Å²) in [5, 5.41) is 13.9. The standard InChI is InChI=1S/C19H11F4N3S/c20-14-7-5-12(6-8-14)17-11-27-18(26-17)13(9-24)10-25-16-4-2-1-3-15(16)19(21,22)23/h1-8,10-11,25H. The second-order valence-electron chi connectivity index (χ2n) is 5.40. The number of aromatic nitrogens is 1. The minimum atomic E-state index is -4.51. The molecule has 0 atom stereocenters. The lowest BCUT2D eigenvalue weighted by molar-refractivity contribution is -0.136. The van der Waals surface area contributed by atoms with Crippen LogP contribution in [-0.4, -0.2) is 4.98 Å². The molecule has 136 valence electrons. The van der Waals surface area contributed by atoms with Crippen LogP contribution in [0.1, 0.15) is 10.6 Å². The third-order valence-electron chi connectivity index (χ3n) is 3.60. The van der Waals surface area contributed by atoms with E-state index in [0.717, 1.165) is 6.07 Å². The number of anilines is 1. The van der Waals surface area contributed by atoms with Crippen LogP contribution < -0.4 is 5.32 Å². The maximum Gasteiger partial charge on any atom is 0.418 e. The number of halogens is 4. The Bertz CT molecular complexity index is 1010. The molecule has 1 heterocycles. The van der Waals surface area contributed by atoms with Gasteiger partial charge in [0.15, 0.2) is 0 Å². The maximum absolute atomic E-state index is 13.0. The van der Waals surface area contributed by atoms with Gasteiger partial charge in [0.05, 0.1) is 16.9 Å². The van der Waals surface area contributed by atoms with Crippen molar-refractivity contribution < 1.29 is 17.6 Å². The summed E-state index contributed by atoms with van der Waals surface area (Å²) < 4.78 is 52.1. The zero-order valence-corrected chi connectivity index (χ0v) is 14.4. The Kier molecular flexibility index (Phi) is 5.23. The van der Waals surface area contributed by atoms with Gasteiger partial charge in [-0.1, -0.05) is 12.1 Å². The van der Waals surface area contributed by atoms with Gasteiger partial charge in [-0.15, -0.1) is 11.3 Å². The Morgan fingerprint density at radius 2 is 1.81 bits per heavy atom. The van der Waals surface area contributed by atoms with Crippen LogP contribution in [0.15, 0.2) is 60.1 Å². The van der Waals surface area contributed by atoms with Crippen LogP contribution in [0.2, 0.25) is 0 Å². The van der Waals surface area contributed by atoms with Gasteiger partial charge in [0.1, 0.15) is 22.5 Å². The molecule has 0 saturated heterocycles. The van der Waals surface area contributed by atoms with Crippen molar-refractivity contribution in [3.8, 4) is 17.3 Å². The van der Waals surface area contributed by atoms with E-state index in [1.165, 1.54) is 47.9 Å². The number of hydrogen-bond donors (Lipinski definition) is 1. The topological polar surface area (TPSA) is 48.7 Å². The highest BCUT2D eigenvalue weighted by Crippen LogP contribution is 2.35. The molecule has 1 aromatic heterocycles. The minimum absolute atomic E-state index is 0.0883. The Morgan fingerprint density at radius 1 is 1.11 bits per heavy atom. The predicted octanol–water partition coefficient (Wildman–Crippen LogP) is 5.94. The summed E-state index contributed by atoms with van der Waals surface area (Å²) in [6.45, 7) is 0. The number of hydrogen-bond acceptors (Lipinski definition) is 4. The Morgan fingerprint density at radius 3 is 2.48 bits per heavy atom. The number of nitriles is 1. The summed E-state index contributed by atoms with van der Waals surface area (Å²) in [5.74, 6) is -0.376. The zero-order chi connectivity index (χ0) is 19.4. The van der Waals surface area contributed by atoms with Crippen LogP contribution in [0, 0.1) is 17.1 Å². The van der Waals surface area contributed by atoms with Crippen LogP contribution >= 0.6 is 11.3 Å². The monoisotopic (exact) mass is 389 g/mol. The summed E-state index contributed by atoms with van der Waals surface area (Å²) >= 11 is 1.17. The molecule has 8 heteroatoms. The van der Waals surface area contributed by atoms with Gasteiger partial charge in [-0.05, 0) is 36.4 Å². The molecule has 0 radical (unpaired) electrons. The molecule has 0 aliphatic heterocycles. The lowest BCUT2D eigenvalue weighted by atomic mass is 10.1. The summed E-state index contributed by atoms with van der Waals surface area (Å²) in [5.41, 5.74) is 0.321. The van der Waals surface area contributed by atoms with Crippen molar-refractivity contribution in [2.24, 2.45) is 0 Å². The van der Waals surface area contributed by atoms with E-state index < -0.39 is 11.7 Å². The second-order valence-corrected chi connectivity index (χ2v) is 6.26. The van der Waals surface area contributed by atoms with E-state index in [1.54, 1.807) is 17.5 Å². The first kappa shape index (κ1) is 18.6. The SMILES string of the molecule is N#CC(=CNc1ccccc1C(F)(F)F)c1nc(-c2ccc(F)cc2)cs1. The molecular formula is C19H11F4N3S. The first-order chi connectivity index (χ1) is 12.9. The van der Waals surface area contributed by atoms with Crippen LogP contribution in [0.5, 0.6) is 0 Å². The van der Waals surface area contributed by atoms with E-state index in [-0.39, 0.29) is 17.1 Å². The van der Waals surface area contributed by atoms with Crippen molar-refractivity contribution in [3.05, 3.63) is 76.5 Å². The molecule has 0 aliphatic carbocycles. The van der Waals surface area contributed by atoms with E-state index in [0.29, 0.717) is 16.3 Å². The van der Waals surface area contributed by atoms with Crippen molar-refractivity contribution in [3.63, 3.8) is 0 Å². The molecule has 0 unspecified atom stereocenters. The van der Waals surface area contributed by atoms with E-state index in [2.05, 4.69) is 10.3 Å². The van der Waals surface area contributed by atoms with E-state index >= 15 is 0 Å². The van der Waals surface area contributed by atoms with Crippen molar-refractivity contribution in [1.82, 2.24) is 4.98 Å². The average molecular weight is 389 g/mol. The quantitative estimate of drug-likeness (QED) is 0.443. The van der Waals surface area contributed by atoms with E-state index in [4.69, 9.17) is 0 Å². The molecule has 3 rings (SSSR count). The van der Waals surface area contributed by atoms with Crippen molar-refractivity contribution in [2.75, 3.05) is 5.32 Å². The summed E-state index contributed by atoms with van der Waals surface area (Å²) in [6.07, 6.45) is -3.32. The average Bonchev–Trinajstić information content (AvgIpc) is 3.12. The Hall–Kier alpha value is -3.18. The van der Waals surface area contributed by atoms with E-state index in [9.17, 15) is 22.8 Å². The van der Waals surface area contributed by atoms with Crippen molar-refractivity contribution >= 4 is 22.6 Å². The van der Waals surface area contributed by atoms with Gasteiger partial charge in [0.25, 0.3) is 0 Å². The summed E-state index contributed by atoms with van der Waals surface area (Å²) in [6, 6.07) is 12.6. The minimum Gasteiger partial charge on any atom is -0.360 e. The molecular weight excluding hydrogens is 378 g/mol. The van der Waals surface area contributed by atoms with Crippen molar-refractivity contribution in [2.45, 2.75) is 6.18 Å². The molecule has 3 aromatic rings. The molecule has 0 bridgehead atoms. The number of rotatable bonds is 4. The van der Waals surface area contributed by atoms with Crippen LogP contribution in [-0.2, 0) is 6.18 Å². The zero-order valence-electron chi connectivity index (χ0n) is 13.6. The molecule has 0 spiro atoms. The molecule has 0 aliphatic rings. The number of alkyl halides is 3. The van der Waals surface area contributed by atoms with Gasteiger partial charge in [-0.3, -0.25) is 0 Å². The normalized spacial score (nSPS) is 11.9. The second kappa shape index (κ2) is 7.60. The van der Waals surface area contributed by atoms with Crippen LogP contribution in [0.3, 0.4) is 0 Å². The number of nitrogens with zero attached hydrogens (tertiary/aromatic N) is 2. The van der Waals surface area contributed by atoms with Crippen LogP contribution in [0.25, 0.3) is 16.8 Å². The Balaban J connectivity index is 1.87. The summed E-state index contributed by atoms with van der Waals surface area (Å²) in [7, 11) is 0. The molecule has 0 amide bonds. The molecule has 0 saturated carbocycles. The van der Waals surface area contributed by atoms with Gasteiger partial charge < -0.3 is 5.32 Å². The van der Waals surface area contributed by atoms with Gasteiger partial charge in [-0.25, -0.2) is 9.37 Å². The smallest absolute Gasteiger partial charge is 0.360 e. The number of allylic oxidation sites excluding steroid dienone is 1. The first-order valence-electron chi connectivity index (χ1n) is 7.63. The molecule has 1 N–H and O–H groups in total. The highest BCUT2D eigenvalue weighted by atomic mass is 32.1. The van der Waals surface area contributed by atoms with Crippen molar-refractivity contribution in [1.29, 1.82) is 5.26 Å². The van der Waals surface area contributed by atoms with Gasteiger partial charge in [-0.2, -0.15) is 18.4 Å². The molecule has 0 fully saturated rings. The largest absolute Gasteiger partial charge is 0.418 e. The predicted molar refractivity (Wildman–Crippen MR) is 96.2 cm³/mol.